The standard InChI is InChI=1S/C19H27N5O4S2/c1-4-28-17-8-6-5-7-16(17)24-19(20-21-22-24)29-12-18(25)23(11-14(2)3)15-9-10-30(26,27)13-15/h5-8,14-15H,4,9-13H2,1-3H3. The van der Waals surface area contributed by atoms with E-state index in [1.54, 1.807) is 9.58 Å². The number of amides is 1. The van der Waals surface area contributed by atoms with Gasteiger partial charge in [0.2, 0.25) is 11.1 Å². The molecule has 1 aliphatic rings. The van der Waals surface area contributed by atoms with Crippen molar-refractivity contribution in [3.05, 3.63) is 24.3 Å². The fourth-order valence-corrected chi connectivity index (χ4v) is 5.91. The van der Waals surface area contributed by atoms with Gasteiger partial charge in [-0.1, -0.05) is 37.7 Å². The zero-order valence-corrected chi connectivity index (χ0v) is 19.0. The molecule has 0 radical (unpaired) electrons. The van der Waals surface area contributed by atoms with E-state index in [2.05, 4.69) is 15.5 Å². The number of carbonyl (C=O) groups excluding carboxylic acids is 1. The van der Waals surface area contributed by atoms with E-state index in [4.69, 9.17) is 4.74 Å². The minimum absolute atomic E-state index is 0.0373. The second-order valence-corrected chi connectivity index (χ2v) is 10.7. The lowest BCUT2D eigenvalue weighted by Gasteiger charge is -2.29. The molecule has 2 aromatic rings. The highest BCUT2D eigenvalue weighted by Gasteiger charge is 2.35. The number of ether oxygens (including phenoxy) is 1. The lowest BCUT2D eigenvalue weighted by atomic mass is 10.1. The average Bonchev–Trinajstić information content (AvgIpc) is 3.30. The maximum absolute atomic E-state index is 13.0. The quantitative estimate of drug-likeness (QED) is 0.529. The molecule has 0 saturated carbocycles. The number of rotatable bonds is 9. The summed E-state index contributed by atoms with van der Waals surface area (Å²) in [7, 11) is -3.07. The van der Waals surface area contributed by atoms with Crippen LogP contribution in [0.1, 0.15) is 27.2 Å². The molecule has 3 rings (SSSR count). The van der Waals surface area contributed by atoms with Crippen LogP contribution >= 0.6 is 11.8 Å². The van der Waals surface area contributed by atoms with Crippen molar-refractivity contribution in [2.24, 2.45) is 5.92 Å². The Kier molecular flexibility index (Phi) is 7.35. The molecule has 1 aliphatic heterocycles. The molecule has 30 heavy (non-hydrogen) atoms. The lowest BCUT2D eigenvalue weighted by Crippen LogP contribution is -2.44. The molecule has 2 heterocycles. The molecule has 1 aromatic heterocycles. The molecule has 1 fully saturated rings. The molecular weight excluding hydrogens is 426 g/mol. The summed E-state index contributed by atoms with van der Waals surface area (Å²) in [6.07, 6.45) is 0.491. The van der Waals surface area contributed by atoms with Gasteiger partial charge >= 0.3 is 0 Å². The third kappa shape index (κ3) is 5.51. The van der Waals surface area contributed by atoms with Gasteiger partial charge in [0.05, 0.1) is 23.9 Å². The van der Waals surface area contributed by atoms with Crippen LogP contribution in [0.15, 0.2) is 29.4 Å². The van der Waals surface area contributed by atoms with E-state index in [1.165, 1.54) is 11.8 Å². The number of hydrogen-bond acceptors (Lipinski definition) is 8. The van der Waals surface area contributed by atoms with Crippen molar-refractivity contribution in [3.8, 4) is 11.4 Å². The molecule has 1 saturated heterocycles. The first kappa shape index (κ1) is 22.5. The number of para-hydroxylation sites is 2. The maximum Gasteiger partial charge on any atom is 0.233 e. The number of aromatic nitrogens is 4. The summed E-state index contributed by atoms with van der Waals surface area (Å²) in [4.78, 5) is 14.7. The Balaban J connectivity index is 1.74. The van der Waals surface area contributed by atoms with Crippen LogP contribution in [0.3, 0.4) is 0 Å². The van der Waals surface area contributed by atoms with Crippen molar-refractivity contribution >= 4 is 27.5 Å². The summed E-state index contributed by atoms with van der Waals surface area (Å²) < 4.78 is 31.0. The second kappa shape index (κ2) is 9.78. The Morgan fingerprint density at radius 3 is 2.80 bits per heavy atom. The SMILES string of the molecule is CCOc1ccccc1-n1nnnc1SCC(=O)N(CC(C)C)C1CCS(=O)(=O)C1. The van der Waals surface area contributed by atoms with Gasteiger partial charge in [-0.25, -0.2) is 8.42 Å². The van der Waals surface area contributed by atoms with Crippen LogP contribution in [-0.2, 0) is 14.6 Å². The molecule has 11 heteroatoms. The van der Waals surface area contributed by atoms with E-state index in [-0.39, 0.29) is 35.1 Å². The van der Waals surface area contributed by atoms with Crippen LogP contribution in [0.25, 0.3) is 5.69 Å². The number of carbonyl (C=O) groups is 1. The molecule has 1 unspecified atom stereocenters. The molecule has 0 spiro atoms. The molecule has 9 nitrogen and oxygen atoms in total. The van der Waals surface area contributed by atoms with Crippen LogP contribution in [0.4, 0.5) is 0 Å². The van der Waals surface area contributed by atoms with Crippen LogP contribution in [0.5, 0.6) is 5.75 Å². The van der Waals surface area contributed by atoms with Gasteiger partial charge in [0.15, 0.2) is 9.84 Å². The van der Waals surface area contributed by atoms with Gasteiger partial charge in [-0.05, 0) is 41.8 Å². The van der Waals surface area contributed by atoms with Gasteiger partial charge in [-0.15, -0.1) is 5.10 Å². The summed E-state index contributed by atoms with van der Waals surface area (Å²) in [5.74, 6) is 1.09. The minimum atomic E-state index is -3.07. The van der Waals surface area contributed by atoms with Gasteiger partial charge in [0.25, 0.3) is 0 Å². The molecule has 1 amide bonds. The van der Waals surface area contributed by atoms with Crippen molar-refractivity contribution in [2.75, 3.05) is 30.4 Å². The van der Waals surface area contributed by atoms with E-state index in [9.17, 15) is 13.2 Å². The van der Waals surface area contributed by atoms with Gasteiger partial charge in [-0.3, -0.25) is 4.79 Å². The first-order valence-corrected chi connectivity index (χ1v) is 12.7. The third-order valence-electron chi connectivity index (χ3n) is 4.69. The third-order valence-corrected chi connectivity index (χ3v) is 7.34. The van der Waals surface area contributed by atoms with Crippen LogP contribution in [0, 0.1) is 5.92 Å². The van der Waals surface area contributed by atoms with Crippen molar-refractivity contribution in [3.63, 3.8) is 0 Å². The zero-order chi connectivity index (χ0) is 21.7. The predicted molar refractivity (Wildman–Crippen MR) is 115 cm³/mol. The highest BCUT2D eigenvalue weighted by Crippen LogP contribution is 2.27. The fourth-order valence-electron chi connectivity index (χ4n) is 3.41. The first-order chi connectivity index (χ1) is 14.3. The highest BCUT2D eigenvalue weighted by atomic mass is 32.2. The molecule has 0 aliphatic carbocycles. The topological polar surface area (TPSA) is 107 Å². The van der Waals surface area contributed by atoms with Crippen molar-refractivity contribution < 1.29 is 17.9 Å². The van der Waals surface area contributed by atoms with Gasteiger partial charge in [0, 0.05) is 12.6 Å². The summed E-state index contributed by atoms with van der Waals surface area (Å²) >= 11 is 1.23. The zero-order valence-electron chi connectivity index (χ0n) is 17.4. The van der Waals surface area contributed by atoms with Crippen LogP contribution in [0.2, 0.25) is 0 Å². The number of sulfone groups is 1. The molecule has 0 N–H and O–H groups in total. The van der Waals surface area contributed by atoms with Crippen LogP contribution in [-0.4, -0.2) is 75.9 Å². The Morgan fingerprint density at radius 2 is 2.13 bits per heavy atom. The average molecular weight is 454 g/mol. The Bertz CT molecular complexity index is 977. The van der Waals surface area contributed by atoms with E-state index < -0.39 is 9.84 Å². The number of tetrazole rings is 1. The maximum atomic E-state index is 13.0. The summed E-state index contributed by atoms with van der Waals surface area (Å²) in [5, 5.41) is 12.3. The summed E-state index contributed by atoms with van der Waals surface area (Å²) in [6.45, 7) is 6.97. The first-order valence-electron chi connectivity index (χ1n) is 9.94. The van der Waals surface area contributed by atoms with Crippen molar-refractivity contribution in [2.45, 2.75) is 38.4 Å². The summed E-state index contributed by atoms with van der Waals surface area (Å²) in [5.41, 5.74) is 0.695. The number of hydrogen-bond donors (Lipinski definition) is 0. The molecular formula is C19H27N5O4S2. The molecule has 1 atom stereocenters. The van der Waals surface area contributed by atoms with Gasteiger partial charge < -0.3 is 9.64 Å². The predicted octanol–water partition coefficient (Wildman–Crippen LogP) is 1.82. The minimum Gasteiger partial charge on any atom is -0.492 e. The second-order valence-electron chi connectivity index (χ2n) is 7.56. The van der Waals surface area contributed by atoms with E-state index >= 15 is 0 Å². The summed E-state index contributed by atoms with van der Waals surface area (Å²) in [6, 6.07) is 7.16. The fraction of sp³-hybridized carbons (Fsp3) is 0.579. The highest BCUT2D eigenvalue weighted by molar-refractivity contribution is 7.99. The Hall–Kier alpha value is -2.14. The molecule has 0 bridgehead atoms. The number of nitrogens with zero attached hydrogens (tertiary/aromatic N) is 5. The largest absolute Gasteiger partial charge is 0.492 e. The Morgan fingerprint density at radius 1 is 1.37 bits per heavy atom. The van der Waals surface area contributed by atoms with E-state index in [1.807, 2.05) is 45.0 Å². The monoisotopic (exact) mass is 453 g/mol. The molecule has 164 valence electrons. The van der Waals surface area contributed by atoms with Gasteiger partial charge in [0.1, 0.15) is 11.4 Å². The van der Waals surface area contributed by atoms with E-state index in [0.29, 0.717) is 36.2 Å². The smallest absolute Gasteiger partial charge is 0.233 e. The van der Waals surface area contributed by atoms with Crippen molar-refractivity contribution in [1.29, 1.82) is 0 Å². The Labute approximate surface area is 181 Å². The van der Waals surface area contributed by atoms with Crippen LogP contribution < -0.4 is 4.74 Å². The number of benzene rings is 1. The van der Waals surface area contributed by atoms with Gasteiger partial charge in [-0.2, -0.15) is 4.68 Å². The van der Waals surface area contributed by atoms with Crippen molar-refractivity contribution in [1.82, 2.24) is 25.1 Å². The number of thioether (sulfide) groups is 1. The molecule has 1 aromatic carbocycles. The van der Waals surface area contributed by atoms with E-state index in [0.717, 1.165) is 0 Å². The lowest BCUT2D eigenvalue weighted by molar-refractivity contribution is -0.130. The normalized spacial score (nSPS) is 17.9.